The van der Waals surface area contributed by atoms with Crippen LogP contribution in [0.1, 0.15) is 5.56 Å². The van der Waals surface area contributed by atoms with E-state index in [1.165, 1.54) is 0 Å². The van der Waals surface area contributed by atoms with Gasteiger partial charge in [-0.3, -0.25) is 0 Å². The summed E-state index contributed by atoms with van der Waals surface area (Å²) in [5.41, 5.74) is 1.79. The van der Waals surface area contributed by atoms with Gasteiger partial charge in [0.15, 0.2) is 23.0 Å². The van der Waals surface area contributed by atoms with Crippen molar-refractivity contribution in [3.8, 4) is 34.5 Å². The highest BCUT2D eigenvalue weighted by atomic mass is 16.5. The van der Waals surface area contributed by atoms with Gasteiger partial charge in [0.25, 0.3) is 0 Å². The van der Waals surface area contributed by atoms with Crippen LogP contribution in [0.4, 0.5) is 5.69 Å². The Morgan fingerprint density at radius 3 is 1.31 bits per heavy atom. The van der Waals surface area contributed by atoms with E-state index in [1.807, 2.05) is 24.3 Å². The molecule has 0 heterocycles. The minimum absolute atomic E-state index is 0.537. The van der Waals surface area contributed by atoms with Gasteiger partial charge in [0.1, 0.15) is 0 Å². The van der Waals surface area contributed by atoms with Crippen LogP contribution in [0.2, 0.25) is 0 Å². The van der Waals surface area contributed by atoms with Crippen molar-refractivity contribution < 1.29 is 28.4 Å². The Kier molecular flexibility index (Phi) is 6.66. The summed E-state index contributed by atoms with van der Waals surface area (Å²) in [5.74, 6) is 3.49. The molecule has 0 aromatic heterocycles. The van der Waals surface area contributed by atoms with Gasteiger partial charge in [-0.15, -0.1) is 0 Å². The first kappa shape index (κ1) is 19.4. The van der Waals surface area contributed by atoms with Crippen LogP contribution in [-0.2, 0) is 6.54 Å². The second-order valence-electron chi connectivity index (χ2n) is 5.30. The van der Waals surface area contributed by atoms with Crippen molar-refractivity contribution in [3.63, 3.8) is 0 Å². The topological polar surface area (TPSA) is 67.4 Å². The van der Waals surface area contributed by atoms with Crippen LogP contribution in [0.25, 0.3) is 0 Å². The van der Waals surface area contributed by atoms with Gasteiger partial charge in [0, 0.05) is 24.4 Å². The van der Waals surface area contributed by atoms with Gasteiger partial charge in [0.05, 0.1) is 42.7 Å². The van der Waals surface area contributed by atoms with E-state index >= 15 is 0 Å². The molecule has 0 aliphatic heterocycles. The summed E-state index contributed by atoms with van der Waals surface area (Å²) >= 11 is 0. The monoisotopic (exact) mass is 363 g/mol. The predicted molar refractivity (Wildman–Crippen MR) is 99.5 cm³/mol. The van der Waals surface area contributed by atoms with Crippen molar-refractivity contribution in [1.82, 2.24) is 0 Å². The molecule has 2 aromatic rings. The largest absolute Gasteiger partial charge is 0.493 e. The summed E-state index contributed by atoms with van der Waals surface area (Å²) in [7, 11) is 9.50. The zero-order valence-corrected chi connectivity index (χ0v) is 16.0. The third-order valence-corrected chi connectivity index (χ3v) is 3.89. The maximum atomic E-state index is 5.39. The summed E-state index contributed by atoms with van der Waals surface area (Å²) in [6, 6.07) is 7.48. The molecule has 2 aromatic carbocycles. The lowest BCUT2D eigenvalue weighted by Crippen LogP contribution is -2.03. The number of hydrogen-bond acceptors (Lipinski definition) is 7. The SMILES string of the molecule is COc1cc(CNc2cc(OC)c(OC)c(OC)c2)cc(OC)c1OC. The highest BCUT2D eigenvalue weighted by molar-refractivity contribution is 5.63. The van der Waals surface area contributed by atoms with Crippen LogP contribution in [0.5, 0.6) is 34.5 Å². The Balaban J connectivity index is 2.28. The summed E-state index contributed by atoms with van der Waals surface area (Å²) in [5, 5.41) is 3.33. The van der Waals surface area contributed by atoms with E-state index in [0.717, 1.165) is 11.3 Å². The van der Waals surface area contributed by atoms with Gasteiger partial charge < -0.3 is 33.7 Å². The van der Waals surface area contributed by atoms with Crippen molar-refractivity contribution in [2.45, 2.75) is 6.54 Å². The highest BCUT2D eigenvalue weighted by Gasteiger charge is 2.15. The summed E-state index contributed by atoms with van der Waals surface area (Å²) in [6.45, 7) is 0.537. The van der Waals surface area contributed by atoms with Crippen LogP contribution in [-0.4, -0.2) is 42.7 Å². The molecule has 0 aliphatic carbocycles. The van der Waals surface area contributed by atoms with Crippen molar-refractivity contribution in [2.24, 2.45) is 0 Å². The van der Waals surface area contributed by atoms with E-state index in [4.69, 9.17) is 28.4 Å². The van der Waals surface area contributed by atoms with Gasteiger partial charge in [-0.1, -0.05) is 0 Å². The van der Waals surface area contributed by atoms with Gasteiger partial charge >= 0.3 is 0 Å². The number of rotatable bonds is 9. The van der Waals surface area contributed by atoms with Crippen LogP contribution in [0.3, 0.4) is 0 Å². The average molecular weight is 363 g/mol. The molecule has 0 aliphatic rings. The van der Waals surface area contributed by atoms with Crippen LogP contribution < -0.4 is 33.7 Å². The molecule has 0 saturated carbocycles. The molecule has 7 nitrogen and oxygen atoms in total. The number of hydrogen-bond donors (Lipinski definition) is 1. The molecule has 0 radical (unpaired) electrons. The first-order chi connectivity index (χ1) is 12.6. The van der Waals surface area contributed by atoms with Gasteiger partial charge in [-0.05, 0) is 17.7 Å². The Hall–Kier alpha value is -2.96. The number of benzene rings is 2. The molecule has 0 amide bonds. The zero-order valence-electron chi connectivity index (χ0n) is 16.0. The predicted octanol–water partition coefficient (Wildman–Crippen LogP) is 3.35. The molecule has 0 atom stereocenters. The van der Waals surface area contributed by atoms with Crippen molar-refractivity contribution in [2.75, 3.05) is 48.0 Å². The molecule has 0 fully saturated rings. The molecule has 0 bridgehead atoms. The van der Waals surface area contributed by atoms with E-state index in [2.05, 4.69) is 5.32 Å². The Morgan fingerprint density at radius 1 is 0.577 bits per heavy atom. The normalized spacial score (nSPS) is 10.1. The number of anilines is 1. The second kappa shape index (κ2) is 8.94. The minimum Gasteiger partial charge on any atom is -0.493 e. The van der Waals surface area contributed by atoms with Crippen molar-refractivity contribution in [3.05, 3.63) is 29.8 Å². The number of methoxy groups -OCH3 is 6. The molecule has 7 heteroatoms. The first-order valence-corrected chi connectivity index (χ1v) is 7.94. The lowest BCUT2D eigenvalue weighted by Gasteiger charge is -2.16. The van der Waals surface area contributed by atoms with Crippen LogP contribution >= 0.6 is 0 Å². The summed E-state index contributed by atoms with van der Waals surface area (Å²) in [6.07, 6.45) is 0. The third kappa shape index (κ3) is 3.99. The Labute approximate surface area is 153 Å². The number of nitrogens with one attached hydrogen (secondary N) is 1. The van der Waals surface area contributed by atoms with E-state index in [9.17, 15) is 0 Å². The molecule has 0 saturated heterocycles. The molecular formula is C19H25NO6. The van der Waals surface area contributed by atoms with Gasteiger partial charge in [0.2, 0.25) is 11.5 Å². The van der Waals surface area contributed by atoms with E-state index < -0.39 is 0 Å². The molecule has 1 N–H and O–H groups in total. The number of ether oxygens (including phenoxy) is 6. The quantitative estimate of drug-likeness (QED) is 0.733. The smallest absolute Gasteiger partial charge is 0.203 e. The lowest BCUT2D eigenvalue weighted by molar-refractivity contribution is 0.324. The van der Waals surface area contributed by atoms with Gasteiger partial charge in [-0.2, -0.15) is 0 Å². The molecule has 0 unspecified atom stereocenters. The highest BCUT2D eigenvalue weighted by Crippen LogP contribution is 2.41. The second-order valence-corrected chi connectivity index (χ2v) is 5.30. The first-order valence-electron chi connectivity index (χ1n) is 7.94. The maximum absolute atomic E-state index is 5.39. The Bertz CT molecular complexity index is 633. The molecular weight excluding hydrogens is 338 g/mol. The fourth-order valence-electron chi connectivity index (χ4n) is 2.62. The molecule has 26 heavy (non-hydrogen) atoms. The maximum Gasteiger partial charge on any atom is 0.203 e. The summed E-state index contributed by atoms with van der Waals surface area (Å²) in [4.78, 5) is 0. The van der Waals surface area contributed by atoms with Crippen LogP contribution in [0, 0.1) is 0 Å². The van der Waals surface area contributed by atoms with Crippen molar-refractivity contribution in [1.29, 1.82) is 0 Å². The molecule has 2 rings (SSSR count). The standard InChI is InChI=1S/C19H25NO6/c1-21-14-7-12(8-15(22-2)18(14)25-5)11-20-13-9-16(23-3)19(26-6)17(10-13)24-4/h7-10,20H,11H2,1-6H3. The third-order valence-electron chi connectivity index (χ3n) is 3.89. The average Bonchev–Trinajstić information content (AvgIpc) is 2.70. The fourth-order valence-corrected chi connectivity index (χ4v) is 2.62. The van der Waals surface area contributed by atoms with Crippen molar-refractivity contribution >= 4 is 5.69 Å². The summed E-state index contributed by atoms with van der Waals surface area (Å²) < 4.78 is 32.2. The van der Waals surface area contributed by atoms with Gasteiger partial charge in [-0.25, -0.2) is 0 Å². The fraction of sp³-hybridized carbons (Fsp3) is 0.368. The Morgan fingerprint density at radius 2 is 0.962 bits per heavy atom. The lowest BCUT2D eigenvalue weighted by atomic mass is 10.1. The molecule has 142 valence electrons. The van der Waals surface area contributed by atoms with Crippen LogP contribution in [0.15, 0.2) is 24.3 Å². The van der Waals surface area contributed by atoms with E-state index in [-0.39, 0.29) is 0 Å². The van der Waals surface area contributed by atoms with E-state index in [0.29, 0.717) is 41.0 Å². The molecule has 0 spiro atoms. The minimum atomic E-state index is 0.537. The zero-order chi connectivity index (χ0) is 19.1. The van der Waals surface area contributed by atoms with E-state index in [1.54, 1.807) is 42.7 Å².